The predicted octanol–water partition coefficient (Wildman–Crippen LogP) is 3.18. The number of nitrogens with zero attached hydrogens (tertiary/aromatic N) is 4. The van der Waals surface area contributed by atoms with E-state index in [1.807, 2.05) is 53.5 Å². The number of hydrogen-bond donors (Lipinski definition) is 0. The fourth-order valence-corrected chi connectivity index (χ4v) is 3.96. The number of hydrogen-bond acceptors (Lipinski definition) is 4. The van der Waals surface area contributed by atoms with Crippen LogP contribution in [0.5, 0.6) is 0 Å². The zero-order valence-electron chi connectivity index (χ0n) is 14.8. The highest BCUT2D eigenvalue weighted by atomic mass is 32.2. The number of carbonyl (C=O) groups excluding carboxylic acids is 1. The summed E-state index contributed by atoms with van der Waals surface area (Å²) in [6.07, 6.45) is 8.48. The number of amides is 1. The van der Waals surface area contributed by atoms with Crippen molar-refractivity contribution in [3.05, 3.63) is 48.3 Å². The van der Waals surface area contributed by atoms with Crippen LogP contribution >= 0.6 is 11.8 Å². The topological polar surface area (TPSA) is 51.0 Å². The third-order valence-electron chi connectivity index (χ3n) is 4.61. The minimum atomic E-state index is 0.286. The molecule has 3 heterocycles. The van der Waals surface area contributed by atoms with Crippen LogP contribution in [-0.2, 0) is 11.3 Å². The van der Waals surface area contributed by atoms with Crippen LogP contribution in [0.25, 0.3) is 0 Å². The second kappa shape index (κ2) is 9.04. The van der Waals surface area contributed by atoms with Crippen molar-refractivity contribution in [2.75, 3.05) is 24.6 Å². The first-order valence-corrected chi connectivity index (χ1v) is 10.2. The van der Waals surface area contributed by atoms with Gasteiger partial charge in [-0.1, -0.05) is 13.0 Å². The third-order valence-corrected chi connectivity index (χ3v) is 5.51. The summed E-state index contributed by atoms with van der Waals surface area (Å²) < 4.78 is 2.17. The van der Waals surface area contributed by atoms with Gasteiger partial charge in [0.05, 0.1) is 12.2 Å². The van der Waals surface area contributed by atoms with Crippen molar-refractivity contribution >= 4 is 17.7 Å². The van der Waals surface area contributed by atoms with Gasteiger partial charge < -0.3 is 9.47 Å². The molecule has 1 atom stereocenters. The largest absolute Gasteiger partial charge is 0.342 e. The van der Waals surface area contributed by atoms with Gasteiger partial charge in [0.15, 0.2) is 0 Å². The Morgan fingerprint density at radius 2 is 2.24 bits per heavy atom. The van der Waals surface area contributed by atoms with E-state index in [0.717, 1.165) is 55.5 Å². The average molecular weight is 359 g/mol. The van der Waals surface area contributed by atoms with Gasteiger partial charge in [0.25, 0.3) is 0 Å². The van der Waals surface area contributed by atoms with Crippen LogP contribution < -0.4 is 0 Å². The maximum Gasteiger partial charge on any atom is 0.223 e. The quantitative estimate of drug-likeness (QED) is 0.714. The van der Waals surface area contributed by atoms with Gasteiger partial charge in [0.1, 0.15) is 5.82 Å². The smallest absolute Gasteiger partial charge is 0.223 e. The number of thioether (sulfide) groups is 1. The van der Waals surface area contributed by atoms with E-state index < -0.39 is 0 Å². The van der Waals surface area contributed by atoms with Crippen molar-refractivity contribution in [2.45, 2.75) is 38.6 Å². The standard InChI is InChI=1S/C19H26N4OS/c1-2-25-13-8-18(24)22-11-5-6-16(14-22)19-21-10-12-23(19)15-17-7-3-4-9-20-17/h3-4,7,9-10,12,16H,2,5-6,8,11,13-15H2,1H3/t16-/m0/s1. The normalized spacial score (nSPS) is 17.6. The van der Waals surface area contributed by atoms with E-state index in [2.05, 4.69) is 21.5 Å². The molecule has 1 fully saturated rings. The molecule has 0 aliphatic carbocycles. The summed E-state index contributed by atoms with van der Waals surface area (Å²) in [4.78, 5) is 23.5. The molecule has 0 aromatic carbocycles. The molecule has 1 saturated heterocycles. The van der Waals surface area contributed by atoms with Crippen LogP contribution in [0, 0.1) is 0 Å². The number of likely N-dealkylation sites (tertiary alicyclic amines) is 1. The summed E-state index contributed by atoms with van der Waals surface area (Å²) in [7, 11) is 0. The van der Waals surface area contributed by atoms with Crippen molar-refractivity contribution in [1.29, 1.82) is 0 Å². The Morgan fingerprint density at radius 3 is 3.04 bits per heavy atom. The molecule has 0 radical (unpaired) electrons. The molecule has 0 saturated carbocycles. The Kier molecular flexibility index (Phi) is 6.50. The molecule has 0 unspecified atom stereocenters. The molecule has 1 aliphatic heterocycles. The zero-order valence-corrected chi connectivity index (χ0v) is 15.6. The molecule has 3 rings (SSSR count). The molecular weight excluding hydrogens is 332 g/mol. The SMILES string of the molecule is CCSCCC(=O)N1CCC[C@H](c2nccn2Cc2ccccn2)C1. The molecule has 0 N–H and O–H groups in total. The number of rotatable bonds is 7. The van der Waals surface area contributed by atoms with E-state index in [1.54, 1.807) is 0 Å². The number of piperidine rings is 1. The number of aromatic nitrogens is 3. The van der Waals surface area contributed by atoms with Gasteiger partial charge >= 0.3 is 0 Å². The maximum absolute atomic E-state index is 12.4. The third kappa shape index (κ3) is 4.84. The molecule has 25 heavy (non-hydrogen) atoms. The summed E-state index contributed by atoms with van der Waals surface area (Å²) in [5.74, 6) is 3.67. The highest BCUT2D eigenvalue weighted by Gasteiger charge is 2.27. The highest BCUT2D eigenvalue weighted by Crippen LogP contribution is 2.26. The number of pyridine rings is 1. The fraction of sp³-hybridized carbons (Fsp3) is 0.526. The lowest BCUT2D eigenvalue weighted by Gasteiger charge is -2.32. The van der Waals surface area contributed by atoms with E-state index >= 15 is 0 Å². The Morgan fingerprint density at radius 1 is 1.32 bits per heavy atom. The molecule has 2 aromatic heterocycles. The maximum atomic E-state index is 12.4. The Balaban J connectivity index is 1.64. The monoisotopic (exact) mass is 358 g/mol. The van der Waals surface area contributed by atoms with Gasteiger partial charge in [-0.2, -0.15) is 11.8 Å². The lowest BCUT2D eigenvalue weighted by Crippen LogP contribution is -2.40. The lowest BCUT2D eigenvalue weighted by atomic mass is 9.97. The second-order valence-corrected chi connectivity index (χ2v) is 7.75. The zero-order chi connectivity index (χ0) is 17.5. The van der Waals surface area contributed by atoms with Crippen molar-refractivity contribution in [3.8, 4) is 0 Å². The molecule has 5 nitrogen and oxygen atoms in total. The molecule has 6 heteroatoms. The van der Waals surface area contributed by atoms with Gasteiger partial charge in [0.2, 0.25) is 5.91 Å². The minimum absolute atomic E-state index is 0.286. The summed E-state index contributed by atoms with van der Waals surface area (Å²) in [6, 6.07) is 5.97. The van der Waals surface area contributed by atoms with Gasteiger partial charge in [-0.05, 0) is 30.7 Å². The van der Waals surface area contributed by atoms with Crippen LogP contribution in [0.1, 0.15) is 43.6 Å². The van der Waals surface area contributed by atoms with Crippen LogP contribution in [0.2, 0.25) is 0 Å². The molecule has 0 spiro atoms. The van der Waals surface area contributed by atoms with Crippen LogP contribution in [0.3, 0.4) is 0 Å². The summed E-state index contributed by atoms with van der Waals surface area (Å²) >= 11 is 1.83. The van der Waals surface area contributed by atoms with Gasteiger partial charge in [-0.25, -0.2) is 4.98 Å². The van der Waals surface area contributed by atoms with Crippen molar-refractivity contribution in [3.63, 3.8) is 0 Å². The summed E-state index contributed by atoms with van der Waals surface area (Å²) in [5.41, 5.74) is 1.03. The van der Waals surface area contributed by atoms with E-state index in [1.165, 1.54) is 0 Å². The van der Waals surface area contributed by atoms with Crippen molar-refractivity contribution < 1.29 is 4.79 Å². The van der Waals surface area contributed by atoms with Crippen molar-refractivity contribution in [2.24, 2.45) is 0 Å². The molecule has 1 amide bonds. The van der Waals surface area contributed by atoms with Gasteiger partial charge in [0, 0.05) is 49.8 Å². The van der Waals surface area contributed by atoms with Crippen LogP contribution in [-0.4, -0.2) is 49.9 Å². The number of imidazole rings is 1. The first-order valence-electron chi connectivity index (χ1n) is 9.04. The molecule has 0 bridgehead atoms. The molecule has 2 aromatic rings. The Hall–Kier alpha value is -1.82. The van der Waals surface area contributed by atoms with Crippen molar-refractivity contribution in [1.82, 2.24) is 19.4 Å². The summed E-state index contributed by atoms with van der Waals surface area (Å²) in [6.45, 7) is 4.53. The predicted molar refractivity (Wildman–Crippen MR) is 102 cm³/mol. The van der Waals surface area contributed by atoms with Crippen LogP contribution in [0.15, 0.2) is 36.8 Å². The van der Waals surface area contributed by atoms with Gasteiger partial charge in [-0.15, -0.1) is 0 Å². The molecular formula is C19H26N4OS. The Bertz CT molecular complexity index is 673. The fourth-order valence-electron chi connectivity index (χ4n) is 3.36. The first-order chi connectivity index (χ1) is 12.3. The van der Waals surface area contributed by atoms with E-state index in [0.29, 0.717) is 12.3 Å². The average Bonchev–Trinajstić information content (AvgIpc) is 3.11. The second-order valence-electron chi connectivity index (χ2n) is 6.36. The molecule has 1 aliphatic rings. The van der Waals surface area contributed by atoms with Gasteiger partial charge in [-0.3, -0.25) is 9.78 Å². The number of carbonyl (C=O) groups is 1. The molecule has 134 valence electrons. The minimum Gasteiger partial charge on any atom is -0.342 e. The van der Waals surface area contributed by atoms with E-state index in [-0.39, 0.29) is 5.91 Å². The highest BCUT2D eigenvalue weighted by molar-refractivity contribution is 7.99. The van der Waals surface area contributed by atoms with E-state index in [9.17, 15) is 4.79 Å². The van der Waals surface area contributed by atoms with Crippen LogP contribution in [0.4, 0.5) is 0 Å². The lowest BCUT2D eigenvalue weighted by molar-refractivity contribution is -0.132. The first kappa shape index (κ1) is 18.0. The Labute approximate surface area is 153 Å². The summed E-state index contributed by atoms with van der Waals surface area (Å²) in [5, 5.41) is 0. The van der Waals surface area contributed by atoms with E-state index in [4.69, 9.17) is 0 Å².